The first kappa shape index (κ1) is 8.71. The molecule has 6 heteroatoms. The van der Waals surface area contributed by atoms with Gasteiger partial charge in [-0.2, -0.15) is 5.26 Å². The van der Waals surface area contributed by atoms with Gasteiger partial charge in [-0.05, 0) is 12.1 Å². The summed E-state index contributed by atoms with van der Waals surface area (Å²) in [5.41, 5.74) is 0. The highest BCUT2D eigenvalue weighted by Crippen LogP contribution is 2.24. The third kappa shape index (κ3) is 2.02. The monoisotopic (exact) mass is 251 g/mol. The predicted octanol–water partition coefficient (Wildman–Crippen LogP) is 1.70. The van der Waals surface area contributed by atoms with Crippen LogP contribution in [-0.4, -0.2) is 8.42 Å². The lowest BCUT2D eigenvalue weighted by atomic mass is 10.5. The third-order valence-corrected chi connectivity index (χ3v) is 4.93. The largest absolute Gasteiger partial charge is 0.246 e. The molecule has 58 valence electrons. The Labute approximate surface area is 75.4 Å². The molecule has 1 rings (SSSR count). The lowest BCUT2D eigenvalue weighted by Crippen LogP contribution is -1.82. The molecule has 0 spiro atoms. The average molecular weight is 252 g/mol. The maximum Gasteiger partial charge on any atom is 0.246 e. The maximum absolute atomic E-state index is 10.8. The molecule has 0 amide bonds. The fourth-order valence-corrected chi connectivity index (χ4v) is 2.86. The Kier molecular flexibility index (Phi) is 2.32. The number of halogens is 1. The quantitative estimate of drug-likeness (QED) is 0.715. The molecule has 0 bridgehead atoms. The Balaban J connectivity index is 3.22. The Bertz CT molecular complexity index is 400. The van der Waals surface area contributed by atoms with Gasteiger partial charge in [-0.1, -0.05) is 0 Å². The molecule has 11 heavy (non-hydrogen) atoms. The fraction of sp³-hybridized carbons (Fsp3) is 0. The summed E-state index contributed by atoms with van der Waals surface area (Å²) in [6.07, 6.45) is 0. The zero-order valence-electron chi connectivity index (χ0n) is 5.11. The molecule has 3 nitrogen and oxygen atoms in total. The van der Waals surface area contributed by atoms with Gasteiger partial charge in [0.05, 0.1) is 14.8 Å². The van der Waals surface area contributed by atoms with E-state index in [1.807, 2.05) is 6.07 Å². The smallest absolute Gasteiger partial charge is 0.211 e. The van der Waals surface area contributed by atoms with Crippen molar-refractivity contribution in [3.63, 3.8) is 0 Å². The zero-order valence-corrected chi connectivity index (χ0v) is 8.33. The van der Waals surface area contributed by atoms with Gasteiger partial charge in [-0.15, -0.1) is 11.3 Å². The maximum atomic E-state index is 10.8. The van der Waals surface area contributed by atoms with Crippen molar-refractivity contribution in [3.8, 4) is 6.07 Å². The molecule has 0 saturated carbocycles. The Morgan fingerprint density at radius 3 is 2.45 bits per heavy atom. The molecular weight excluding hydrogens is 250 g/mol. The van der Waals surface area contributed by atoms with Crippen molar-refractivity contribution in [2.75, 3.05) is 0 Å². The van der Waals surface area contributed by atoms with Gasteiger partial charge in [0.25, 0.3) is 0 Å². The van der Waals surface area contributed by atoms with Crippen molar-refractivity contribution in [3.05, 3.63) is 17.0 Å². The molecule has 0 aliphatic rings. The summed E-state index contributed by atoms with van der Waals surface area (Å²) < 4.78 is 21.7. The van der Waals surface area contributed by atoms with E-state index in [0.717, 1.165) is 11.3 Å². The van der Waals surface area contributed by atoms with Gasteiger partial charge in [0.1, 0.15) is 15.2 Å². The number of nitrogens with zero attached hydrogens (tertiary/aromatic N) is 1. The Morgan fingerprint density at radius 2 is 2.18 bits per heavy atom. The summed E-state index contributed by atoms with van der Waals surface area (Å²) >= 11 is 3.45. The lowest BCUT2D eigenvalue weighted by molar-refractivity contribution is 0.613. The fourth-order valence-electron chi connectivity index (χ4n) is 0.511. The molecule has 0 aliphatic heterocycles. The molecule has 0 aromatic carbocycles. The normalized spacial score (nSPS) is 10.9. The minimum Gasteiger partial charge on any atom is -0.211 e. The second-order valence-electron chi connectivity index (χ2n) is 1.67. The van der Waals surface area contributed by atoms with Crippen LogP contribution in [-0.2, 0) is 8.27 Å². The van der Waals surface area contributed by atoms with Gasteiger partial charge < -0.3 is 0 Å². The molecule has 0 unspecified atom stereocenters. The molecule has 1 heterocycles. The number of hydrogen-bond acceptors (Lipinski definition) is 4. The first-order valence-corrected chi connectivity index (χ1v) is 6.63. The lowest BCUT2D eigenvalue weighted by Gasteiger charge is -1.84. The van der Waals surface area contributed by atoms with Gasteiger partial charge >= 0.3 is 0 Å². The van der Waals surface area contributed by atoms with E-state index in [1.165, 1.54) is 12.1 Å². The summed E-state index contributed by atoms with van der Waals surface area (Å²) in [6, 6.07) is 4.72. The van der Waals surface area contributed by atoms with E-state index in [-0.39, 0.29) is 4.21 Å². The van der Waals surface area contributed by atoms with Crippen LogP contribution in [0.3, 0.4) is 0 Å². The van der Waals surface area contributed by atoms with Crippen molar-refractivity contribution in [1.82, 2.24) is 0 Å². The highest BCUT2D eigenvalue weighted by molar-refractivity contribution is 9.47. The predicted molar refractivity (Wildman–Crippen MR) is 45.1 cm³/mol. The standard InChI is InChI=1S/C5H2BrNO2S2/c6-11(8,9)5-2-1-4(3-7)10-5/h1-2H. The summed E-state index contributed by atoms with van der Waals surface area (Å²) in [4.78, 5) is 0.392. The van der Waals surface area contributed by atoms with Gasteiger partial charge in [0, 0.05) is 0 Å². The molecule has 1 aromatic heterocycles. The molecule has 1 aromatic rings. The van der Waals surface area contributed by atoms with Crippen LogP contribution in [0, 0.1) is 11.3 Å². The van der Waals surface area contributed by atoms with Crippen molar-refractivity contribution < 1.29 is 8.42 Å². The first-order chi connectivity index (χ1) is 5.04. The average Bonchev–Trinajstić information content (AvgIpc) is 2.32. The van der Waals surface area contributed by atoms with E-state index < -0.39 is 8.27 Å². The van der Waals surface area contributed by atoms with E-state index in [9.17, 15) is 8.42 Å². The number of rotatable bonds is 1. The van der Waals surface area contributed by atoms with Gasteiger partial charge in [-0.3, -0.25) is 0 Å². The third-order valence-electron chi connectivity index (χ3n) is 0.932. The van der Waals surface area contributed by atoms with Crippen LogP contribution in [0.15, 0.2) is 16.3 Å². The molecule has 0 aliphatic carbocycles. The zero-order chi connectivity index (χ0) is 8.48. The minimum atomic E-state index is -3.31. The number of thiophene rings is 1. The summed E-state index contributed by atoms with van der Waals surface area (Å²) in [5, 5.41) is 8.37. The van der Waals surface area contributed by atoms with Gasteiger partial charge in [0.15, 0.2) is 0 Å². The molecular formula is C5H2BrNO2S2. The van der Waals surface area contributed by atoms with E-state index in [0.29, 0.717) is 4.88 Å². The van der Waals surface area contributed by atoms with Crippen LogP contribution < -0.4 is 0 Å². The van der Waals surface area contributed by atoms with E-state index >= 15 is 0 Å². The van der Waals surface area contributed by atoms with Crippen LogP contribution in [0.5, 0.6) is 0 Å². The van der Waals surface area contributed by atoms with E-state index in [1.54, 1.807) is 0 Å². The Hall–Kier alpha value is -0.380. The summed E-state index contributed by atoms with van der Waals surface area (Å²) in [5.74, 6) is 0. The van der Waals surface area contributed by atoms with Crippen molar-refractivity contribution in [2.45, 2.75) is 4.21 Å². The summed E-state index contributed by atoms with van der Waals surface area (Å²) in [6.45, 7) is 0. The van der Waals surface area contributed by atoms with Gasteiger partial charge in [0.2, 0.25) is 8.27 Å². The van der Waals surface area contributed by atoms with Crippen LogP contribution >= 0.6 is 26.1 Å². The number of nitriles is 1. The van der Waals surface area contributed by atoms with Gasteiger partial charge in [-0.25, -0.2) is 8.42 Å². The first-order valence-electron chi connectivity index (χ1n) is 2.48. The molecule has 0 fully saturated rings. The van der Waals surface area contributed by atoms with Crippen LogP contribution in [0.4, 0.5) is 0 Å². The highest BCUT2D eigenvalue weighted by Gasteiger charge is 2.11. The van der Waals surface area contributed by atoms with Crippen LogP contribution in [0.1, 0.15) is 4.88 Å². The molecule has 0 radical (unpaired) electrons. The van der Waals surface area contributed by atoms with Crippen LogP contribution in [0.2, 0.25) is 0 Å². The van der Waals surface area contributed by atoms with E-state index in [4.69, 9.17) is 5.26 Å². The molecule has 0 saturated heterocycles. The second-order valence-corrected chi connectivity index (χ2v) is 6.88. The number of hydrogen-bond donors (Lipinski definition) is 0. The van der Waals surface area contributed by atoms with E-state index in [2.05, 4.69) is 14.8 Å². The second kappa shape index (κ2) is 2.93. The molecule has 0 N–H and O–H groups in total. The minimum absolute atomic E-state index is 0.161. The highest BCUT2D eigenvalue weighted by atomic mass is 79.9. The van der Waals surface area contributed by atoms with Crippen molar-refractivity contribution >= 4 is 34.4 Å². The Morgan fingerprint density at radius 1 is 1.55 bits per heavy atom. The molecule has 0 atom stereocenters. The van der Waals surface area contributed by atoms with Crippen molar-refractivity contribution in [1.29, 1.82) is 5.26 Å². The topological polar surface area (TPSA) is 57.9 Å². The van der Waals surface area contributed by atoms with Crippen LogP contribution in [0.25, 0.3) is 0 Å². The van der Waals surface area contributed by atoms with Crippen molar-refractivity contribution in [2.24, 2.45) is 0 Å². The summed E-state index contributed by atoms with van der Waals surface area (Å²) in [7, 11) is -3.31. The SMILES string of the molecule is N#Cc1ccc(S(=O)(=O)Br)s1.